The Morgan fingerprint density at radius 1 is 1.29 bits per heavy atom. The smallest absolute Gasteiger partial charge is 0.267 e. The number of anilines is 1. The molecule has 1 amide bonds. The van der Waals surface area contributed by atoms with Crippen LogP contribution in [-0.2, 0) is 4.79 Å². The van der Waals surface area contributed by atoms with Crippen LogP contribution in [0, 0.1) is 0 Å². The third-order valence-corrected chi connectivity index (χ3v) is 4.70. The number of nitrogens with zero attached hydrogens (tertiary/aromatic N) is 4. The number of hydrogen-bond donors (Lipinski definition) is 1. The van der Waals surface area contributed by atoms with E-state index in [4.69, 9.17) is 11.6 Å². The fourth-order valence-corrected chi connectivity index (χ4v) is 3.18. The van der Waals surface area contributed by atoms with Crippen LogP contribution in [0.25, 0.3) is 0 Å². The average molecular weight is 360 g/mol. The van der Waals surface area contributed by atoms with Gasteiger partial charge in [0, 0.05) is 32.1 Å². The van der Waals surface area contributed by atoms with E-state index in [9.17, 15) is 13.6 Å². The number of amides is 1. The summed E-state index contributed by atoms with van der Waals surface area (Å²) in [6, 6.07) is 3.74. The number of carbonyl (C=O) groups excluding carboxylic acids is 1. The number of alkyl halides is 2. The van der Waals surface area contributed by atoms with Gasteiger partial charge >= 0.3 is 0 Å². The number of halogens is 3. The number of piperidine rings is 1. The molecule has 0 radical (unpaired) electrons. The fourth-order valence-electron chi connectivity index (χ4n) is 3.08. The number of nitrogens with one attached hydrogen (secondary N) is 1. The molecule has 0 saturated carbocycles. The first-order valence-electron chi connectivity index (χ1n) is 8.06. The molecule has 0 unspecified atom stereocenters. The molecule has 0 bridgehead atoms. The van der Waals surface area contributed by atoms with E-state index in [1.54, 1.807) is 6.07 Å². The van der Waals surface area contributed by atoms with E-state index in [0.29, 0.717) is 5.15 Å². The molecule has 3 rings (SSSR count). The van der Waals surface area contributed by atoms with Crippen molar-refractivity contribution in [2.75, 3.05) is 37.6 Å². The Morgan fingerprint density at radius 3 is 2.62 bits per heavy atom. The predicted molar refractivity (Wildman–Crippen MR) is 86.4 cm³/mol. The molecule has 1 N–H and O–H groups in total. The summed E-state index contributed by atoms with van der Waals surface area (Å²) >= 11 is 5.73. The second kappa shape index (κ2) is 7.14. The fraction of sp³-hybridized carbons (Fsp3) is 0.667. The van der Waals surface area contributed by atoms with Gasteiger partial charge in [-0.3, -0.25) is 4.79 Å². The summed E-state index contributed by atoms with van der Waals surface area (Å²) in [4.78, 5) is 15.3. The quantitative estimate of drug-likeness (QED) is 0.884. The van der Waals surface area contributed by atoms with Crippen LogP contribution in [0.1, 0.15) is 19.3 Å². The third kappa shape index (κ3) is 4.30. The van der Waals surface area contributed by atoms with Crippen molar-refractivity contribution in [3.8, 4) is 0 Å². The van der Waals surface area contributed by atoms with E-state index >= 15 is 0 Å². The Balaban J connectivity index is 1.41. The molecule has 2 saturated heterocycles. The van der Waals surface area contributed by atoms with Crippen molar-refractivity contribution in [2.24, 2.45) is 0 Å². The third-order valence-electron chi connectivity index (χ3n) is 4.50. The van der Waals surface area contributed by atoms with Crippen molar-refractivity contribution in [3.63, 3.8) is 0 Å². The van der Waals surface area contributed by atoms with Crippen molar-refractivity contribution in [3.05, 3.63) is 17.3 Å². The molecule has 0 aromatic carbocycles. The number of aromatic nitrogens is 2. The first-order valence-corrected chi connectivity index (χ1v) is 8.44. The second-order valence-electron chi connectivity index (χ2n) is 6.28. The van der Waals surface area contributed by atoms with Gasteiger partial charge in [-0.15, -0.1) is 10.2 Å². The molecule has 3 heterocycles. The van der Waals surface area contributed by atoms with E-state index in [1.807, 2.05) is 6.07 Å². The number of rotatable bonds is 4. The van der Waals surface area contributed by atoms with Gasteiger partial charge in [-0.05, 0) is 25.0 Å². The number of likely N-dealkylation sites (tertiary alicyclic amines) is 1. The van der Waals surface area contributed by atoms with Crippen LogP contribution < -0.4 is 10.2 Å². The summed E-state index contributed by atoms with van der Waals surface area (Å²) in [5.41, 5.74) is 0. The molecular formula is C15H20ClF2N5O. The van der Waals surface area contributed by atoms with E-state index in [2.05, 4.69) is 20.4 Å². The first-order chi connectivity index (χ1) is 11.4. The van der Waals surface area contributed by atoms with Crippen LogP contribution in [0.4, 0.5) is 14.6 Å². The number of hydrogen-bond acceptors (Lipinski definition) is 5. The molecule has 2 aliphatic heterocycles. The average Bonchev–Trinajstić information content (AvgIpc) is 2.94. The van der Waals surface area contributed by atoms with Crippen molar-refractivity contribution >= 4 is 23.3 Å². The lowest BCUT2D eigenvalue weighted by molar-refractivity contribution is -0.130. The predicted octanol–water partition coefficient (Wildman–Crippen LogP) is 1.56. The highest BCUT2D eigenvalue weighted by atomic mass is 35.5. The molecule has 6 nitrogen and oxygen atoms in total. The maximum absolute atomic E-state index is 13.1. The minimum Gasteiger partial charge on any atom is -0.355 e. The molecular weight excluding hydrogens is 340 g/mol. The zero-order valence-corrected chi connectivity index (χ0v) is 14.0. The van der Waals surface area contributed by atoms with Gasteiger partial charge in [-0.2, -0.15) is 0 Å². The van der Waals surface area contributed by atoms with Crippen LogP contribution in [0.3, 0.4) is 0 Å². The number of carbonyl (C=O) groups is 1. The van der Waals surface area contributed by atoms with Gasteiger partial charge in [0.05, 0.1) is 13.1 Å². The molecule has 9 heteroatoms. The van der Waals surface area contributed by atoms with Crippen LogP contribution in [0.2, 0.25) is 5.15 Å². The first kappa shape index (κ1) is 17.3. The van der Waals surface area contributed by atoms with E-state index in [1.165, 1.54) is 4.90 Å². The molecule has 2 fully saturated rings. The van der Waals surface area contributed by atoms with Crippen LogP contribution in [-0.4, -0.2) is 65.7 Å². The van der Waals surface area contributed by atoms with Gasteiger partial charge in [-0.25, -0.2) is 8.78 Å². The zero-order valence-electron chi connectivity index (χ0n) is 13.2. The maximum Gasteiger partial charge on any atom is 0.267 e. The Bertz CT molecular complexity index is 578. The monoisotopic (exact) mass is 359 g/mol. The minimum atomic E-state index is -2.74. The van der Waals surface area contributed by atoms with Crippen LogP contribution in [0.15, 0.2) is 12.1 Å². The normalized spacial score (nSPS) is 21.3. The lowest BCUT2D eigenvalue weighted by Gasteiger charge is -2.33. The summed E-state index contributed by atoms with van der Waals surface area (Å²) < 4.78 is 26.3. The summed E-state index contributed by atoms with van der Waals surface area (Å²) in [5, 5.41) is 11.4. The molecule has 1 aromatic heterocycles. The van der Waals surface area contributed by atoms with E-state index < -0.39 is 12.5 Å². The topological polar surface area (TPSA) is 61.4 Å². The standard InChI is InChI=1S/C15H20ClF2N5O/c16-12-1-2-13(21-20-12)22-6-3-11(4-7-22)19-9-14(24)23-8-5-15(17,18)10-23/h1-2,11,19H,3-10H2. The van der Waals surface area contributed by atoms with E-state index in [-0.39, 0.29) is 31.5 Å². The van der Waals surface area contributed by atoms with Crippen molar-refractivity contribution in [1.82, 2.24) is 20.4 Å². The zero-order chi connectivity index (χ0) is 17.2. The van der Waals surface area contributed by atoms with Gasteiger partial charge in [-0.1, -0.05) is 11.6 Å². The summed E-state index contributed by atoms with van der Waals surface area (Å²) in [6.45, 7) is 1.39. The van der Waals surface area contributed by atoms with Gasteiger partial charge in [0.25, 0.3) is 5.92 Å². The molecule has 0 aliphatic carbocycles. The molecule has 24 heavy (non-hydrogen) atoms. The molecule has 132 valence electrons. The highest BCUT2D eigenvalue weighted by molar-refractivity contribution is 6.29. The van der Waals surface area contributed by atoms with Crippen molar-refractivity contribution in [1.29, 1.82) is 0 Å². The largest absolute Gasteiger partial charge is 0.355 e. The summed E-state index contributed by atoms with van der Waals surface area (Å²) in [7, 11) is 0. The van der Waals surface area contributed by atoms with Crippen LogP contribution in [0.5, 0.6) is 0 Å². The second-order valence-corrected chi connectivity index (χ2v) is 6.66. The Morgan fingerprint density at radius 2 is 2.04 bits per heavy atom. The summed E-state index contributed by atoms with van der Waals surface area (Å²) in [6.07, 6.45) is 1.47. The molecule has 2 aliphatic rings. The maximum atomic E-state index is 13.1. The van der Waals surface area contributed by atoms with Crippen molar-refractivity contribution in [2.45, 2.75) is 31.2 Å². The lowest BCUT2D eigenvalue weighted by Crippen LogP contribution is -2.46. The van der Waals surface area contributed by atoms with E-state index in [0.717, 1.165) is 31.7 Å². The van der Waals surface area contributed by atoms with Crippen LogP contribution >= 0.6 is 11.6 Å². The minimum absolute atomic E-state index is 0.113. The highest BCUT2D eigenvalue weighted by Gasteiger charge is 2.40. The Hall–Kier alpha value is -1.54. The molecule has 0 spiro atoms. The lowest BCUT2D eigenvalue weighted by atomic mass is 10.1. The summed E-state index contributed by atoms with van der Waals surface area (Å²) in [5.74, 6) is -2.20. The van der Waals surface area contributed by atoms with Crippen molar-refractivity contribution < 1.29 is 13.6 Å². The van der Waals surface area contributed by atoms with Gasteiger partial charge < -0.3 is 15.1 Å². The SMILES string of the molecule is O=C(CNC1CCN(c2ccc(Cl)nn2)CC1)N1CCC(F)(F)C1. The Labute approximate surface area is 144 Å². The van der Waals surface area contributed by atoms with Gasteiger partial charge in [0.15, 0.2) is 11.0 Å². The molecule has 0 atom stereocenters. The highest BCUT2D eigenvalue weighted by Crippen LogP contribution is 2.26. The van der Waals surface area contributed by atoms with Gasteiger partial charge in [0.2, 0.25) is 5.91 Å². The molecule has 1 aromatic rings. The van der Waals surface area contributed by atoms with Gasteiger partial charge in [0.1, 0.15) is 0 Å². The Kier molecular flexibility index (Phi) is 5.15.